The standard InChI is InChI=1S/C16H27NOS/c1-12(2)15(13(3)4)11-17-16(18)9-5-7-14-8-6-10-19-14/h6,8,10,12-13,15H,5,7,9,11H2,1-4H3,(H,17,18). The van der Waals surface area contributed by atoms with Crippen LogP contribution in [0.1, 0.15) is 45.4 Å². The van der Waals surface area contributed by atoms with E-state index < -0.39 is 0 Å². The molecule has 1 amide bonds. The molecular formula is C16H27NOS. The molecule has 0 bridgehead atoms. The van der Waals surface area contributed by atoms with Crippen LogP contribution >= 0.6 is 11.3 Å². The van der Waals surface area contributed by atoms with E-state index in [2.05, 4.69) is 50.5 Å². The Labute approximate surface area is 121 Å². The van der Waals surface area contributed by atoms with E-state index in [0.29, 0.717) is 24.2 Å². The first-order chi connectivity index (χ1) is 9.00. The molecule has 1 aromatic rings. The number of aryl methyl sites for hydroxylation is 1. The predicted molar refractivity (Wildman–Crippen MR) is 83.4 cm³/mol. The minimum Gasteiger partial charge on any atom is -0.356 e. The summed E-state index contributed by atoms with van der Waals surface area (Å²) in [4.78, 5) is 13.2. The minimum atomic E-state index is 0.197. The fourth-order valence-corrected chi connectivity index (χ4v) is 3.19. The van der Waals surface area contributed by atoms with Gasteiger partial charge in [-0.25, -0.2) is 0 Å². The zero-order chi connectivity index (χ0) is 14.3. The lowest BCUT2D eigenvalue weighted by molar-refractivity contribution is -0.121. The molecule has 19 heavy (non-hydrogen) atoms. The van der Waals surface area contributed by atoms with Gasteiger partial charge in [0.2, 0.25) is 5.91 Å². The van der Waals surface area contributed by atoms with E-state index in [0.717, 1.165) is 19.4 Å². The van der Waals surface area contributed by atoms with E-state index in [9.17, 15) is 4.79 Å². The molecule has 0 aromatic carbocycles. The molecule has 1 rings (SSSR count). The third-order valence-electron chi connectivity index (χ3n) is 3.65. The quantitative estimate of drug-likeness (QED) is 0.763. The predicted octanol–water partition coefficient (Wildman–Crippen LogP) is 4.12. The Morgan fingerprint density at radius 3 is 2.47 bits per heavy atom. The van der Waals surface area contributed by atoms with E-state index in [1.54, 1.807) is 11.3 Å². The van der Waals surface area contributed by atoms with Crippen molar-refractivity contribution in [1.82, 2.24) is 5.32 Å². The second-order valence-electron chi connectivity index (χ2n) is 5.89. The van der Waals surface area contributed by atoms with Crippen LogP contribution in [0.5, 0.6) is 0 Å². The van der Waals surface area contributed by atoms with Crippen LogP contribution in [-0.2, 0) is 11.2 Å². The smallest absolute Gasteiger partial charge is 0.220 e. The summed E-state index contributed by atoms with van der Waals surface area (Å²) in [5.41, 5.74) is 0. The van der Waals surface area contributed by atoms with Gasteiger partial charge in [0.25, 0.3) is 0 Å². The van der Waals surface area contributed by atoms with Gasteiger partial charge >= 0.3 is 0 Å². The van der Waals surface area contributed by atoms with Crippen molar-refractivity contribution in [2.45, 2.75) is 47.0 Å². The van der Waals surface area contributed by atoms with Gasteiger partial charge in [0.05, 0.1) is 0 Å². The van der Waals surface area contributed by atoms with Gasteiger partial charge in [0.1, 0.15) is 0 Å². The molecule has 1 heterocycles. The molecular weight excluding hydrogens is 254 g/mol. The summed E-state index contributed by atoms with van der Waals surface area (Å²) in [5.74, 6) is 2.00. The molecule has 0 aliphatic rings. The normalized spacial score (nSPS) is 11.5. The molecule has 0 aliphatic carbocycles. The number of thiophene rings is 1. The SMILES string of the molecule is CC(C)C(CNC(=O)CCCc1cccs1)C(C)C. The maximum absolute atomic E-state index is 11.8. The van der Waals surface area contributed by atoms with Crippen molar-refractivity contribution in [1.29, 1.82) is 0 Å². The number of hydrogen-bond donors (Lipinski definition) is 1. The third-order valence-corrected chi connectivity index (χ3v) is 4.59. The Balaban J connectivity index is 2.20. The molecule has 0 aliphatic heterocycles. The van der Waals surface area contributed by atoms with Crippen LogP contribution in [0.15, 0.2) is 17.5 Å². The Hall–Kier alpha value is -0.830. The molecule has 0 unspecified atom stereocenters. The van der Waals surface area contributed by atoms with E-state index in [-0.39, 0.29) is 5.91 Å². The average Bonchev–Trinajstić information content (AvgIpc) is 2.81. The van der Waals surface area contributed by atoms with Crippen LogP contribution in [0.25, 0.3) is 0 Å². The lowest BCUT2D eigenvalue weighted by atomic mass is 9.85. The van der Waals surface area contributed by atoms with Gasteiger partial charge in [-0.2, -0.15) is 0 Å². The lowest BCUT2D eigenvalue weighted by Gasteiger charge is -2.25. The van der Waals surface area contributed by atoms with Crippen LogP contribution in [-0.4, -0.2) is 12.5 Å². The number of nitrogens with one attached hydrogen (secondary N) is 1. The second-order valence-corrected chi connectivity index (χ2v) is 6.92. The van der Waals surface area contributed by atoms with E-state index >= 15 is 0 Å². The Kier molecular flexibility index (Phi) is 7.14. The maximum Gasteiger partial charge on any atom is 0.220 e. The fourth-order valence-electron chi connectivity index (χ4n) is 2.44. The van der Waals surface area contributed by atoms with Gasteiger partial charge in [-0.3, -0.25) is 4.79 Å². The van der Waals surface area contributed by atoms with Crippen molar-refractivity contribution in [2.24, 2.45) is 17.8 Å². The molecule has 2 nitrogen and oxygen atoms in total. The summed E-state index contributed by atoms with van der Waals surface area (Å²) in [7, 11) is 0. The molecule has 0 spiro atoms. The lowest BCUT2D eigenvalue weighted by Crippen LogP contribution is -2.33. The molecule has 108 valence electrons. The molecule has 3 heteroatoms. The van der Waals surface area contributed by atoms with Gasteiger partial charge in [-0.1, -0.05) is 33.8 Å². The zero-order valence-electron chi connectivity index (χ0n) is 12.6. The summed E-state index contributed by atoms with van der Waals surface area (Å²) in [5, 5.41) is 5.18. The maximum atomic E-state index is 11.8. The van der Waals surface area contributed by atoms with Crippen molar-refractivity contribution >= 4 is 17.2 Å². The molecule has 0 radical (unpaired) electrons. The Morgan fingerprint density at radius 1 is 1.26 bits per heavy atom. The molecule has 1 aromatic heterocycles. The van der Waals surface area contributed by atoms with Gasteiger partial charge < -0.3 is 5.32 Å². The number of hydrogen-bond acceptors (Lipinski definition) is 2. The van der Waals surface area contributed by atoms with Gasteiger partial charge in [-0.15, -0.1) is 11.3 Å². The largest absolute Gasteiger partial charge is 0.356 e. The summed E-state index contributed by atoms with van der Waals surface area (Å²) in [6.45, 7) is 9.73. The molecule has 1 N–H and O–H groups in total. The van der Waals surface area contributed by atoms with Crippen LogP contribution < -0.4 is 5.32 Å². The molecule has 0 saturated carbocycles. The van der Waals surface area contributed by atoms with Gasteiger partial charge in [0, 0.05) is 17.8 Å². The third kappa shape index (κ3) is 6.24. The van der Waals surface area contributed by atoms with Crippen molar-refractivity contribution in [2.75, 3.05) is 6.54 Å². The Bertz CT molecular complexity index is 349. The average molecular weight is 281 g/mol. The van der Waals surface area contributed by atoms with Crippen molar-refractivity contribution in [3.8, 4) is 0 Å². The topological polar surface area (TPSA) is 29.1 Å². The highest BCUT2D eigenvalue weighted by Crippen LogP contribution is 2.19. The zero-order valence-corrected chi connectivity index (χ0v) is 13.4. The number of carbonyl (C=O) groups is 1. The van der Waals surface area contributed by atoms with Crippen molar-refractivity contribution in [3.63, 3.8) is 0 Å². The Morgan fingerprint density at radius 2 is 1.95 bits per heavy atom. The van der Waals surface area contributed by atoms with Crippen molar-refractivity contribution < 1.29 is 4.79 Å². The summed E-state index contributed by atoms with van der Waals surface area (Å²) in [6.07, 6.45) is 2.60. The summed E-state index contributed by atoms with van der Waals surface area (Å²) < 4.78 is 0. The number of carbonyl (C=O) groups excluding carboxylic acids is 1. The number of amides is 1. The number of rotatable bonds is 8. The summed E-state index contributed by atoms with van der Waals surface area (Å²) >= 11 is 1.77. The van der Waals surface area contributed by atoms with Crippen LogP contribution in [0.3, 0.4) is 0 Å². The van der Waals surface area contributed by atoms with Crippen LogP contribution in [0.2, 0.25) is 0 Å². The van der Waals surface area contributed by atoms with Gasteiger partial charge in [0.15, 0.2) is 0 Å². The minimum absolute atomic E-state index is 0.197. The molecule has 0 saturated heterocycles. The highest BCUT2D eigenvalue weighted by atomic mass is 32.1. The fraction of sp³-hybridized carbons (Fsp3) is 0.688. The van der Waals surface area contributed by atoms with E-state index in [1.807, 2.05) is 0 Å². The first kappa shape index (κ1) is 16.2. The highest BCUT2D eigenvalue weighted by Gasteiger charge is 2.17. The monoisotopic (exact) mass is 281 g/mol. The van der Waals surface area contributed by atoms with E-state index in [1.165, 1.54) is 4.88 Å². The molecule has 0 fully saturated rings. The first-order valence-electron chi connectivity index (χ1n) is 7.29. The summed E-state index contributed by atoms with van der Waals surface area (Å²) in [6, 6.07) is 4.20. The van der Waals surface area contributed by atoms with Crippen LogP contribution in [0.4, 0.5) is 0 Å². The highest BCUT2D eigenvalue weighted by molar-refractivity contribution is 7.09. The van der Waals surface area contributed by atoms with Crippen LogP contribution in [0, 0.1) is 17.8 Å². The first-order valence-corrected chi connectivity index (χ1v) is 8.17. The van der Waals surface area contributed by atoms with Crippen molar-refractivity contribution in [3.05, 3.63) is 22.4 Å². The van der Waals surface area contributed by atoms with Gasteiger partial charge in [-0.05, 0) is 42.0 Å². The van der Waals surface area contributed by atoms with E-state index in [4.69, 9.17) is 0 Å². The second kappa shape index (κ2) is 8.36. The molecule has 0 atom stereocenters.